The highest BCUT2D eigenvalue weighted by molar-refractivity contribution is 5.95. The Labute approximate surface area is 140 Å². The van der Waals surface area contributed by atoms with E-state index in [2.05, 4.69) is 5.32 Å². The fourth-order valence-electron chi connectivity index (χ4n) is 3.66. The van der Waals surface area contributed by atoms with Crippen molar-refractivity contribution in [2.45, 2.75) is 25.3 Å². The lowest BCUT2D eigenvalue weighted by molar-refractivity contribution is 0.0667. The molecule has 2 amide bonds. The van der Waals surface area contributed by atoms with Crippen LogP contribution in [0.15, 0.2) is 53.3 Å². The van der Waals surface area contributed by atoms with Gasteiger partial charge in [-0.05, 0) is 42.9 Å². The largest absolute Gasteiger partial charge is 0.472 e. The minimum Gasteiger partial charge on any atom is -0.472 e. The lowest BCUT2D eigenvalue weighted by atomic mass is 9.92. The summed E-state index contributed by atoms with van der Waals surface area (Å²) in [5, 5.41) is 3.14. The van der Waals surface area contributed by atoms with Crippen molar-refractivity contribution in [2.75, 3.05) is 13.1 Å². The molecule has 124 valence electrons. The quantitative estimate of drug-likeness (QED) is 0.944. The van der Waals surface area contributed by atoms with Gasteiger partial charge in [-0.1, -0.05) is 18.2 Å². The summed E-state index contributed by atoms with van der Waals surface area (Å²) in [4.78, 5) is 26.5. The van der Waals surface area contributed by atoms with E-state index in [1.807, 2.05) is 35.2 Å². The van der Waals surface area contributed by atoms with Crippen LogP contribution in [-0.4, -0.2) is 35.8 Å². The molecule has 1 saturated heterocycles. The van der Waals surface area contributed by atoms with Crippen LogP contribution in [0.5, 0.6) is 0 Å². The number of benzene rings is 1. The SMILES string of the molecule is O=C(N[C@H]1CC12CCN(C(=O)c1ccoc1)CC2)c1ccccc1. The summed E-state index contributed by atoms with van der Waals surface area (Å²) in [7, 11) is 0. The first-order valence-electron chi connectivity index (χ1n) is 8.35. The first kappa shape index (κ1) is 15.0. The molecule has 24 heavy (non-hydrogen) atoms. The van der Waals surface area contributed by atoms with Crippen LogP contribution in [0.3, 0.4) is 0 Å². The Morgan fingerprint density at radius 1 is 1.08 bits per heavy atom. The van der Waals surface area contributed by atoms with Crippen LogP contribution in [0.1, 0.15) is 40.0 Å². The van der Waals surface area contributed by atoms with E-state index >= 15 is 0 Å². The van der Waals surface area contributed by atoms with Crippen LogP contribution in [0, 0.1) is 5.41 Å². The zero-order chi connectivity index (χ0) is 16.6. The Balaban J connectivity index is 1.32. The molecular formula is C19H20N2O3. The van der Waals surface area contributed by atoms with Gasteiger partial charge in [0, 0.05) is 24.7 Å². The van der Waals surface area contributed by atoms with E-state index in [1.165, 1.54) is 12.5 Å². The zero-order valence-corrected chi connectivity index (χ0v) is 13.4. The summed E-state index contributed by atoms with van der Waals surface area (Å²) in [6, 6.07) is 11.2. The second-order valence-corrected chi connectivity index (χ2v) is 6.76. The molecule has 5 nitrogen and oxygen atoms in total. The first-order chi connectivity index (χ1) is 11.7. The summed E-state index contributed by atoms with van der Waals surface area (Å²) in [6.45, 7) is 1.48. The van der Waals surface area contributed by atoms with Crippen molar-refractivity contribution in [3.05, 3.63) is 60.1 Å². The van der Waals surface area contributed by atoms with Crippen LogP contribution in [0.25, 0.3) is 0 Å². The minimum atomic E-state index is -0.00521. The van der Waals surface area contributed by atoms with Crippen molar-refractivity contribution in [2.24, 2.45) is 5.41 Å². The summed E-state index contributed by atoms with van der Waals surface area (Å²) in [6.07, 6.45) is 5.91. The number of hydrogen-bond donors (Lipinski definition) is 1. The molecular weight excluding hydrogens is 304 g/mol. The molecule has 1 atom stereocenters. The van der Waals surface area contributed by atoms with Gasteiger partial charge in [-0.25, -0.2) is 0 Å². The molecule has 1 aromatic carbocycles. The lowest BCUT2D eigenvalue weighted by Gasteiger charge is -2.32. The zero-order valence-electron chi connectivity index (χ0n) is 13.4. The molecule has 2 fully saturated rings. The van der Waals surface area contributed by atoms with Crippen molar-refractivity contribution < 1.29 is 14.0 Å². The smallest absolute Gasteiger partial charge is 0.257 e. The number of furan rings is 1. The van der Waals surface area contributed by atoms with Gasteiger partial charge in [0.15, 0.2) is 0 Å². The van der Waals surface area contributed by atoms with E-state index in [1.54, 1.807) is 6.07 Å². The fraction of sp³-hybridized carbons (Fsp3) is 0.368. The number of carbonyl (C=O) groups is 2. The predicted molar refractivity (Wildman–Crippen MR) is 88.6 cm³/mol. The molecule has 0 radical (unpaired) electrons. The van der Waals surface area contributed by atoms with E-state index < -0.39 is 0 Å². The summed E-state index contributed by atoms with van der Waals surface area (Å²) in [5.41, 5.74) is 1.49. The van der Waals surface area contributed by atoms with E-state index in [9.17, 15) is 9.59 Å². The molecule has 2 aromatic rings. The highest BCUT2D eigenvalue weighted by atomic mass is 16.3. The fourth-order valence-corrected chi connectivity index (χ4v) is 3.66. The summed E-state index contributed by atoms with van der Waals surface area (Å²) >= 11 is 0. The molecule has 1 saturated carbocycles. The molecule has 2 aliphatic rings. The van der Waals surface area contributed by atoms with Gasteiger partial charge in [0.2, 0.25) is 0 Å². The van der Waals surface area contributed by atoms with Gasteiger partial charge in [-0.2, -0.15) is 0 Å². The highest BCUT2D eigenvalue weighted by Crippen LogP contribution is 2.54. The average Bonchev–Trinajstić information content (AvgIpc) is 3.03. The maximum atomic E-state index is 12.3. The van der Waals surface area contributed by atoms with E-state index in [4.69, 9.17) is 4.42 Å². The summed E-state index contributed by atoms with van der Waals surface area (Å²) in [5.74, 6) is 0.0264. The molecule has 5 heteroatoms. The van der Waals surface area contributed by atoms with Crippen LogP contribution in [-0.2, 0) is 0 Å². The van der Waals surface area contributed by atoms with Crippen molar-refractivity contribution in [1.82, 2.24) is 10.2 Å². The van der Waals surface area contributed by atoms with Gasteiger partial charge in [-0.15, -0.1) is 0 Å². The molecule has 1 N–H and O–H groups in total. The second kappa shape index (κ2) is 5.82. The van der Waals surface area contributed by atoms with Gasteiger partial charge < -0.3 is 14.6 Å². The van der Waals surface area contributed by atoms with Crippen molar-refractivity contribution in [3.63, 3.8) is 0 Å². The monoisotopic (exact) mass is 324 g/mol. The van der Waals surface area contributed by atoms with Crippen LogP contribution in [0.4, 0.5) is 0 Å². The van der Waals surface area contributed by atoms with Crippen LogP contribution >= 0.6 is 0 Å². The van der Waals surface area contributed by atoms with Crippen LogP contribution in [0.2, 0.25) is 0 Å². The number of piperidine rings is 1. The number of amides is 2. The number of rotatable bonds is 3. The van der Waals surface area contributed by atoms with Gasteiger partial charge in [0.1, 0.15) is 6.26 Å². The van der Waals surface area contributed by atoms with E-state index in [0.717, 1.165) is 32.4 Å². The number of hydrogen-bond acceptors (Lipinski definition) is 3. The first-order valence-corrected chi connectivity index (χ1v) is 8.35. The van der Waals surface area contributed by atoms with Gasteiger partial charge >= 0.3 is 0 Å². The van der Waals surface area contributed by atoms with Crippen molar-refractivity contribution >= 4 is 11.8 Å². The Morgan fingerprint density at radius 2 is 1.83 bits per heavy atom. The molecule has 2 heterocycles. The van der Waals surface area contributed by atoms with Crippen molar-refractivity contribution in [3.8, 4) is 0 Å². The summed E-state index contributed by atoms with van der Waals surface area (Å²) < 4.78 is 4.99. The highest BCUT2D eigenvalue weighted by Gasteiger charge is 2.55. The van der Waals surface area contributed by atoms with Crippen molar-refractivity contribution in [1.29, 1.82) is 0 Å². The Kier molecular flexibility index (Phi) is 3.63. The minimum absolute atomic E-state index is 0.00521. The topological polar surface area (TPSA) is 62.6 Å². The molecule has 1 aromatic heterocycles. The third kappa shape index (κ3) is 2.70. The third-order valence-electron chi connectivity index (χ3n) is 5.35. The predicted octanol–water partition coefficient (Wildman–Crippen LogP) is 2.70. The standard InChI is InChI=1S/C19H20N2O3/c22-17(14-4-2-1-3-5-14)20-16-12-19(16)7-9-21(10-8-19)18(23)15-6-11-24-13-15/h1-6,11,13,16H,7-10,12H2,(H,20,22)/t16-/m0/s1. The van der Waals surface area contributed by atoms with Crippen LogP contribution < -0.4 is 5.32 Å². The Morgan fingerprint density at radius 3 is 2.50 bits per heavy atom. The van der Waals surface area contributed by atoms with E-state index in [-0.39, 0.29) is 23.3 Å². The number of nitrogens with one attached hydrogen (secondary N) is 1. The molecule has 4 rings (SSSR count). The lowest BCUT2D eigenvalue weighted by Crippen LogP contribution is -2.41. The molecule has 1 aliphatic carbocycles. The maximum absolute atomic E-state index is 12.3. The van der Waals surface area contributed by atoms with E-state index in [0.29, 0.717) is 11.1 Å². The molecule has 1 aliphatic heterocycles. The number of likely N-dealkylation sites (tertiary alicyclic amines) is 1. The average molecular weight is 324 g/mol. The molecule has 1 spiro atoms. The normalized spacial score (nSPS) is 21.5. The second-order valence-electron chi connectivity index (χ2n) is 6.76. The Hall–Kier alpha value is -2.56. The maximum Gasteiger partial charge on any atom is 0.257 e. The number of nitrogens with zero attached hydrogens (tertiary/aromatic N) is 1. The molecule has 0 bridgehead atoms. The van der Waals surface area contributed by atoms with Gasteiger partial charge in [-0.3, -0.25) is 9.59 Å². The molecule has 0 unspecified atom stereocenters. The van der Waals surface area contributed by atoms with Gasteiger partial charge in [0.05, 0.1) is 11.8 Å². The third-order valence-corrected chi connectivity index (χ3v) is 5.35. The van der Waals surface area contributed by atoms with Gasteiger partial charge in [0.25, 0.3) is 11.8 Å². The number of carbonyl (C=O) groups excluding carboxylic acids is 2. The Bertz CT molecular complexity index is 731.